The van der Waals surface area contributed by atoms with Crippen LogP contribution < -0.4 is 5.32 Å². The Balaban J connectivity index is 2.43. The Morgan fingerprint density at radius 1 is 1.24 bits per heavy atom. The van der Waals surface area contributed by atoms with Crippen molar-refractivity contribution in [1.29, 1.82) is 0 Å². The molecule has 4 heteroatoms. The minimum Gasteiger partial charge on any atom is -0.311 e. The molecular weight excluding hydrogens is 270 g/mol. The molecule has 1 aromatic rings. The van der Waals surface area contributed by atoms with Crippen molar-refractivity contribution in [3.05, 3.63) is 35.4 Å². The van der Waals surface area contributed by atoms with Crippen molar-refractivity contribution in [3.8, 4) is 0 Å². The number of benzene rings is 1. The minimum atomic E-state index is -0.772. The van der Waals surface area contributed by atoms with Crippen LogP contribution >= 0.6 is 0 Å². The van der Waals surface area contributed by atoms with Gasteiger partial charge in [0.05, 0.1) is 6.04 Å². The van der Waals surface area contributed by atoms with Gasteiger partial charge in [-0.15, -0.1) is 0 Å². The molecule has 1 aliphatic carbocycles. The maximum Gasteiger partial charge on any atom is 0.163 e. The molecule has 0 heterocycles. The molecule has 118 valence electrons. The molecule has 1 aliphatic rings. The average molecular weight is 296 g/mol. The van der Waals surface area contributed by atoms with Gasteiger partial charge < -0.3 is 10.2 Å². The van der Waals surface area contributed by atoms with Gasteiger partial charge in [-0.2, -0.15) is 0 Å². The summed E-state index contributed by atoms with van der Waals surface area (Å²) in [5.74, 6) is -0.796. The second-order valence-electron chi connectivity index (χ2n) is 6.55. The van der Waals surface area contributed by atoms with Crippen LogP contribution in [0, 0.1) is 17.6 Å². The van der Waals surface area contributed by atoms with Gasteiger partial charge in [0, 0.05) is 11.1 Å². The topological polar surface area (TPSA) is 15.3 Å². The van der Waals surface area contributed by atoms with E-state index in [0.29, 0.717) is 11.5 Å². The molecule has 1 atom stereocenters. The fourth-order valence-corrected chi connectivity index (χ4v) is 3.71. The maximum absolute atomic E-state index is 14.3. The average Bonchev–Trinajstić information content (AvgIpc) is 2.46. The maximum atomic E-state index is 14.3. The van der Waals surface area contributed by atoms with E-state index in [0.717, 1.165) is 25.7 Å². The number of halogens is 2. The Hall–Kier alpha value is -1.00. The SMILES string of the molecule is CNC(c1cccc(F)c1F)C1(N(C)C)CCC(C)CC1. The number of hydrogen-bond donors (Lipinski definition) is 1. The lowest BCUT2D eigenvalue weighted by molar-refractivity contribution is 0.0441. The summed E-state index contributed by atoms with van der Waals surface area (Å²) >= 11 is 0. The van der Waals surface area contributed by atoms with Crippen LogP contribution in [0.5, 0.6) is 0 Å². The molecular formula is C17H26F2N2. The van der Waals surface area contributed by atoms with Crippen LogP contribution in [0.15, 0.2) is 18.2 Å². The summed E-state index contributed by atoms with van der Waals surface area (Å²) in [4.78, 5) is 2.18. The van der Waals surface area contributed by atoms with Gasteiger partial charge >= 0.3 is 0 Å². The second-order valence-corrected chi connectivity index (χ2v) is 6.55. The quantitative estimate of drug-likeness (QED) is 0.910. The molecule has 0 radical (unpaired) electrons. The van der Waals surface area contributed by atoms with Crippen LogP contribution in [-0.4, -0.2) is 31.6 Å². The first kappa shape index (κ1) is 16.4. The van der Waals surface area contributed by atoms with Gasteiger partial charge in [0.2, 0.25) is 0 Å². The number of hydrogen-bond acceptors (Lipinski definition) is 2. The number of nitrogens with one attached hydrogen (secondary N) is 1. The van der Waals surface area contributed by atoms with E-state index in [1.54, 1.807) is 12.1 Å². The Labute approximate surface area is 126 Å². The normalized spacial score (nSPS) is 27.9. The first-order valence-electron chi connectivity index (χ1n) is 7.71. The lowest BCUT2D eigenvalue weighted by atomic mass is 9.70. The lowest BCUT2D eigenvalue weighted by Crippen LogP contribution is -2.55. The highest BCUT2D eigenvalue weighted by Gasteiger charge is 2.44. The summed E-state index contributed by atoms with van der Waals surface area (Å²) in [6.45, 7) is 2.26. The molecule has 0 spiro atoms. The van der Waals surface area contributed by atoms with Crippen molar-refractivity contribution in [2.75, 3.05) is 21.1 Å². The predicted molar refractivity (Wildman–Crippen MR) is 82.2 cm³/mol. The Morgan fingerprint density at radius 3 is 2.38 bits per heavy atom. The highest BCUT2D eigenvalue weighted by atomic mass is 19.2. The third-order valence-electron chi connectivity index (χ3n) is 5.15. The number of likely N-dealkylation sites (N-methyl/N-ethyl adjacent to an activating group) is 2. The van der Waals surface area contributed by atoms with E-state index in [9.17, 15) is 8.78 Å². The van der Waals surface area contributed by atoms with E-state index in [2.05, 4.69) is 17.1 Å². The third-order valence-corrected chi connectivity index (χ3v) is 5.15. The molecule has 1 aromatic carbocycles. The van der Waals surface area contributed by atoms with Crippen LogP contribution in [0.3, 0.4) is 0 Å². The van der Waals surface area contributed by atoms with E-state index in [1.807, 2.05) is 21.1 Å². The van der Waals surface area contributed by atoms with Gasteiger partial charge in [0.1, 0.15) is 0 Å². The summed E-state index contributed by atoms with van der Waals surface area (Å²) in [6.07, 6.45) is 4.21. The molecule has 0 bridgehead atoms. The summed E-state index contributed by atoms with van der Waals surface area (Å²) < 4.78 is 27.9. The van der Waals surface area contributed by atoms with Gasteiger partial charge in [0.25, 0.3) is 0 Å². The molecule has 0 aliphatic heterocycles. The van der Waals surface area contributed by atoms with Crippen molar-refractivity contribution in [2.24, 2.45) is 5.92 Å². The molecule has 1 N–H and O–H groups in total. The second kappa shape index (κ2) is 6.41. The van der Waals surface area contributed by atoms with Gasteiger partial charge in [-0.05, 0) is 58.8 Å². The van der Waals surface area contributed by atoms with Crippen LogP contribution in [-0.2, 0) is 0 Å². The van der Waals surface area contributed by atoms with E-state index < -0.39 is 11.6 Å². The van der Waals surface area contributed by atoms with Gasteiger partial charge in [0.15, 0.2) is 11.6 Å². The summed E-state index contributed by atoms with van der Waals surface area (Å²) in [7, 11) is 5.91. The predicted octanol–water partition coefficient (Wildman–Crippen LogP) is 3.74. The van der Waals surface area contributed by atoms with Crippen LogP contribution in [0.2, 0.25) is 0 Å². The van der Waals surface area contributed by atoms with E-state index in [4.69, 9.17) is 0 Å². The van der Waals surface area contributed by atoms with E-state index >= 15 is 0 Å². The Bertz CT molecular complexity index is 480. The monoisotopic (exact) mass is 296 g/mol. The Kier molecular flexibility index (Phi) is 4.99. The van der Waals surface area contributed by atoms with Crippen molar-refractivity contribution in [1.82, 2.24) is 10.2 Å². The molecule has 21 heavy (non-hydrogen) atoms. The molecule has 0 aromatic heterocycles. The highest BCUT2D eigenvalue weighted by molar-refractivity contribution is 5.27. The fraction of sp³-hybridized carbons (Fsp3) is 0.647. The smallest absolute Gasteiger partial charge is 0.163 e. The van der Waals surface area contributed by atoms with Crippen molar-refractivity contribution >= 4 is 0 Å². The molecule has 2 rings (SSSR count). The van der Waals surface area contributed by atoms with Crippen molar-refractivity contribution in [2.45, 2.75) is 44.2 Å². The zero-order chi connectivity index (χ0) is 15.6. The van der Waals surface area contributed by atoms with Crippen LogP contribution in [0.25, 0.3) is 0 Å². The third kappa shape index (κ3) is 2.97. The van der Waals surface area contributed by atoms with Gasteiger partial charge in [-0.25, -0.2) is 8.78 Å². The van der Waals surface area contributed by atoms with Crippen molar-refractivity contribution in [3.63, 3.8) is 0 Å². The standard InChI is InChI=1S/C17H26F2N2/c1-12-8-10-17(11-9-12,21(3)4)16(20-2)13-6-5-7-14(18)15(13)19/h5-7,12,16,20H,8-11H2,1-4H3. The lowest BCUT2D eigenvalue weighted by Gasteiger charge is -2.49. The van der Waals surface area contributed by atoms with Crippen LogP contribution in [0.1, 0.15) is 44.2 Å². The number of rotatable bonds is 4. The summed E-state index contributed by atoms with van der Waals surface area (Å²) in [6, 6.07) is 4.25. The molecule has 1 unspecified atom stereocenters. The van der Waals surface area contributed by atoms with Crippen LogP contribution in [0.4, 0.5) is 8.78 Å². The summed E-state index contributed by atoms with van der Waals surface area (Å²) in [5.41, 5.74) is 0.261. The highest BCUT2D eigenvalue weighted by Crippen LogP contribution is 2.44. The zero-order valence-electron chi connectivity index (χ0n) is 13.4. The van der Waals surface area contributed by atoms with Gasteiger partial charge in [-0.3, -0.25) is 0 Å². The van der Waals surface area contributed by atoms with Crippen molar-refractivity contribution < 1.29 is 8.78 Å². The molecule has 0 amide bonds. The van der Waals surface area contributed by atoms with E-state index in [1.165, 1.54) is 6.07 Å². The fourth-order valence-electron chi connectivity index (χ4n) is 3.71. The molecule has 1 fully saturated rings. The van der Waals surface area contributed by atoms with Gasteiger partial charge in [-0.1, -0.05) is 19.1 Å². The first-order chi connectivity index (χ1) is 9.92. The zero-order valence-corrected chi connectivity index (χ0v) is 13.4. The Morgan fingerprint density at radius 2 is 1.86 bits per heavy atom. The first-order valence-corrected chi connectivity index (χ1v) is 7.71. The largest absolute Gasteiger partial charge is 0.311 e. The minimum absolute atomic E-state index is 0.171. The number of nitrogens with zero attached hydrogens (tertiary/aromatic N) is 1. The summed E-state index contributed by atoms with van der Waals surface area (Å²) in [5, 5.41) is 3.24. The molecule has 2 nitrogen and oxygen atoms in total. The molecule has 1 saturated carbocycles. The van der Waals surface area contributed by atoms with E-state index in [-0.39, 0.29) is 11.6 Å². The molecule has 0 saturated heterocycles.